The van der Waals surface area contributed by atoms with Crippen LogP contribution in [0.15, 0.2) is 30.3 Å². The first kappa shape index (κ1) is 16.0. The molecule has 3 nitrogen and oxygen atoms in total. The van der Waals surface area contributed by atoms with E-state index >= 15 is 0 Å². The first-order valence-corrected chi connectivity index (χ1v) is 6.82. The lowest BCUT2D eigenvalue weighted by Gasteiger charge is -2.31. The minimum absolute atomic E-state index is 0. The molecule has 0 unspecified atom stereocenters. The molecule has 0 spiro atoms. The smallest absolute Gasteiger partial charge is 0.240 e. The van der Waals surface area contributed by atoms with E-state index in [0.717, 1.165) is 32.1 Å². The fraction of sp³-hybridized carbons (Fsp3) is 0.533. The van der Waals surface area contributed by atoms with Crippen LogP contribution < -0.4 is 11.1 Å². The van der Waals surface area contributed by atoms with Crippen molar-refractivity contribution in [3.63, 3.8) is 0 Å². The summed E-state index contributed by atoms with van der Waals surface area (Å²) in [6, 6.07) is 10.2. The molecule has 19 heavy (non-hydrogen) atoms. The Kier molecular flexibility index (Phi) is 6.32. The second-order valence-corrected chi connectivity index (χ2v) is 5.21. The molecule has 1 aromatic carbocycles. The lowest BCUT2D eigenvalue weighted by Crippen LogP contribution is -2.55. The number of nitrogens with one attached hydrogen (secondary N) is 1. The molecule has 0 saturated heterocycles. The van der Waals surface area contributed by atoms with Crippen molar-refractivity contribution in [2.75, 3.05) is 6.54 Å². The number of benzene rings is 1. The van der Waals surface area contributed by atoms with Crippen LogP contribution in [-0.2, 0) is 11.2 Å². The highest BCUT2D eigenvalue weighted by molar-refractivity contribution is 5.86. The molecule has 1 amide bonds. The van der Waals surface area contributed by atoms with Crippen molar-refractivity contribution in [3.8, 4) is 0 Å². The lowest BCUT2D eigenvalue weighted by atomic mass is 9.82. The molecule has 4 heteroatoms. The number of halogens is 1. The minimum atomic E-state index is -0.616. The molecule has 3 N–H and O–H groups in total. The molecule has 0 aliphatic heterocycles. The molecule has 106 valence electrons. The van der Waals surface area contributed by atoms with E-state index in [4.69, 9.17) is 5.73 Å². The van der Waals surface area contributed by atoms with Crippen molar-refractivity contribution < 1.29 is 4.79 Å². The third kappa shape index (κ3) is 4.51. The molecule has 1 aliphatic rings. The topological polar surface area (TPSA) is 55.1 Å². The van der Waals surface area contributed by atoms with Crippen LogP contribution in [0, 0.1) is 0 Å². The average molecular weight is 283 g/mol. The second kappa shape index (κ2) is 7.51. The first-order chi connectivity index (χ1) is 8.71. The van der Waals surface area contributed by atoms with E-state index in [0.29, 0.717) is 6.54 Å². The summed E-state index contributed by atoms with van der Waals surface area (Å²) >= 11 is 0. The van der Waals surface area contributed by atoms with Crippen LogP contribution in [0.25, 0.3) is 0 Å². The Morgan fingerprint density at radius 3 is 2.42 bits per heavy atom. The quantitative estimate of drug-likeness (QED) is 0.891. The largest absolute Gasteiger partial charge is 0.354 e. The van der Waals surface area contributed by atoms with Crippen LogP contribution in [-0.4, -0.2) is 18.0 Å². The highest BCUT2D eigenvalue weighted by Crippen LogP contribution is 2.25. The molecule has 1 saturated carbocycles. The average Bonchev–Trinajstić information content (AvgIpc) is 2.41. The van der Waals surface area contributed by atoms with E-state index in [-0.39, 0.29) is 18.3 Å². The van der Waals surface area contributed by atoms with Crippen LogP contribution in [0.5, 0.6) is 0 Å². The standard InChI is InChI=1S/C15H22N2O.ClH/c16-15(10-5-2-6-11-15)14(18)17-12-9-13-7-3-1-4-8-13;/h1,3-4,7-8H,2,5-6,9-12,16H2,(H,17,18);1H. The molecule has 1 fully saturated rings. The SMILES string of the molecule is Cl.NC1(C(=O)NCCc2ccccc2)CCCCC1. The summed E-state index contributed by atoms with van der Waals surface area (Å²) < 4.78 is 0. The van der Waals surface area contributed by atoms with Gasteiger partial charge in [-0.2, -0.15) is 0 Å². The van der Waals surface area contributed by atoms with Gasteiger partial charge in [-0.3, -0.25) is 4.79 Å². The lowest BCUT2D eigenvalue weighted by molar-refractivity contribution is -0.127. The third-order valence-electron chi connectivity index (χ3n) is 3.74. The van der Waals surface area contributed by atoms with Gasteiger partial charge in [-0.05, 0) is 24.8 Å². The number of carbonyl (C=O) groups excluding carboxylic acids is 1. The molecule has 0 heterocycles. The molecule has 2 rings (SSSR count). The molecule has 1 aromatic rings. The Hall–Kier alpha value is -1.06. The summed E-state index contributed by atoms with van der Waals surface area (Å²) in [7, 11) is 0. The maximum absolute atomic E-state index is 12.1. The Balaban J connectivity index is 0.00000180. The van der Waals surface area contributed by atoms with Gasteiger partial charge >= 0.3 is 0 Å². The highest BCUT2D eigenvalue weighted by atomic mass is 35.5. The summed E-state index contributed by atoms with van der Waals surface area (Å²) in [5, 5.41) is 2.98. The van der Waals surface area contributed by atoms with Gasteiger partial charge < -0.3 is 11.1 Å². The van der Waals surface area contributed by atoms with Crippen molar-refractivity contribution in [3.05, 3.63) is 35.9 Å². The van der Waals surface area contributed by atoms with E-state index in [1.165, 1.54) is 12.0 Å². The third-order valence-corrected chi connectivity index (χ3v) is 3.74. The monoisotopic (exact) mass is 282 g/mol. The van der Waals surface area contributed by atoms with E-state index in [1.54, 1.807) is 0 Å². The van der Waals surface area contributed by atoms with Gasteiger partial charge in [0.1, 0.15) is 0 Å². The molecular weight excluding hydrogens is 260 g/mol. The number of rotatable bonds is 4. The zero-order valence-corrected chi connectivity index (χ0v) is 12.0. The highest BCUT2D eigenvalue weighted by Gasteiger charge is 2.34. The van der Waals surface area contributed by atoms with E-state index in [1.807, 2.05) is 18.2 Å². The Labute approximate surface area is 121 Å². The predicted octanol–water partition coefficient (Wildman–Crippen LogP) is 2.43. The van der Waals surface area contributed by atoms with Gasteiger partial charge in [-0.15, -0.1) is 12.4 Å². The van der Waals surface area contributed by atoms with Crippen molar-refractivity contribution in [2.24, 2.45) is 5.73 Å². The Morgan fingerprint density at radius 1 is 1.16 bits per heavy atom. The maximum Gasteiger partial charge on any atom is 0.240 e. The van der Waals surface area contributed by atoms with Crippen molar-refractivity contribution in [2.45, 2.75) is 44.1 Å². The number of amides is 1. The van der Waals surface area contributed by atoms with Crippen LogP contribution in [0.2, 0.25) is 0 Å². The predicted molar refractivity (Wildman–Crippen MR) is 80.4 cm³/mol. The summed E-state index contributed by atoms with van der Waals surface area (Å²) in [4.78, 5) is 12.1. The van der Waals surface area contributed by atoms with E-state index in [9.17, 15) is 4.79 Å². The Bertz CT molecular complexity index is 388. The van der Waals surface area contributed by atoms with Gasteiger partial charge in [0.15, 0.2) is 0 Å². The van der Waals surface area contributed by atoms with Crippen LogP contribution in [0.4, 0.5) is 0 Å². The van der Waals surface area contributed by atoms with Gasteiger partial charge in [0.05, 0.1) is 5.54 Å². The molecule has 0 atom stereocenters. The van der Waals surface area contributed by atoms with Crippen molar-refractivity contribution in [1.29, 1.82) is 0 Å². The van der Waals surface area contributed by atoms with E-state index in [2.05, 4.69) is 17.4 Å². The molecule has 1 aliphatic carbocycles. The second-order valence-electron chi connectivity index (χ2n) is 5.21. The number of hydrogen-bond donors (Lipinski definition) is 2. The molecule has 0 bridgehead atoms. The fourth-order valence-electron chi connectivity index (χ4n) is 2.55. The van der Waals surface area contributed by atoms with Crippen molar-refractivity contribution in [1.82, 2.24) is 5.32 Å². The number of hydrogen-bond acceptors (Lipinski definition) is 2. The summed E-state index contributed by atoms with van der Waals surface area (Å²) in [6.45, 7) is 0.668. The van der Waals surface area contributed by atoms with Crippen LogP contribution in [0.3, 0.4) is 0 Å². The summed E-state index contributed by atoms with van der Waals surface area (Å²) in [5.41, 5.74) is 6.80. The van der Waals surface area contributed by atoms with Crippen LogP contribution in [0.1, 0.15) is 37.7 Å². The first-order valence-electron chi connectivity index (χ1n) is 6.82. The van der Waals surface area contributed by atoms with Gasteiger partial charge in [0.25, 0.3) is 0 Å². The molecule has 0 radical (unpaired) electrons. The maximum atomic E-state index is 12.1. The van der Waals surface area contributed by atoms with Gasteiger partial charge in [0, 0.05) is 6.54 Å². The number of nitrogens with two attached hydrogens (primary N) is 1. The summed E-state index contributed by atoms with van der Waals surface area (Å²) in [6.07, 6.45) is 5.86. The van der Waals surface area contributed by atoms with E-state index < -0.39 is 5.54 Å². The molecular formula is C15H23ClN2O. The minimum Gasteiger partial charge on any atom is -0.354 e. The normalized spacial score (nSPS) is 17.3. The summed E-state index contributed by atoms with van der Waals surface area (Å²) in [5.74, 6) is 0.0260. The van der Waals surface area contributed by atoms with Gasteiger partial charge in [-0.25, -0.2) is 0 Å². The van der Waals surface area contributed by atoms with Crippen LogP contribution >= 0.6 is 12.4 Å². The molecule has 0 aromatic heterocycles. The zero-order chi connectivity index (χ0) is 12.8. The Morgan fingerprint density at radius 2 is 1.79 bits per heavy atom. The van der Waals surface area contributed by atoms with Gasteiger partial charge in [0.2, 0.25) is 5.91 Å². The zero-order valence-electron chi connectivity index (χ0n) is 11.2. The fourth-order valence-corrected chi connectivity index (χ4v) is 2.55. The number of carbonyl (C=O) groups is 1. The van der Waals surface area contributed by atoms with Gasteiger partial charge in [-0.1, -0.05) is 49.6 Å². The van der Waals surface area contributed by atoms with Crippen molar-refractivity contribution >= 4 is 18.3 Å².